The summed E-state index contributed by atoms with van der Waals surface area (Å²) in [5.41, 5.74) is 0. The topological polar surface area (TPSA) is 44.1 Å². The summed E-state index contributed by atoms with van der Waals surface area (Å²) in [6.07, 6.45) is 13.5. The first-order valence-corrected chi connectivity index (χ1v) is 10.4. The van der Waals surface area contributed by atoms with Crippen LogP contribution in [0.3, 0.4) is 0 Å². The summed E-state index contributed by atoms with van der Waals surface area (Å²) in [4.78, 5) is 14.3. The zero-order valence-corrected chi connectivity index (χ0v) is 17.4. The summed E-state index contributed by atoms with van der Waals surface area (Å²) in [6, 6.07) is 2.17. The van der Waals surface area contributed by atoms with Crippen molar-refractivity contribution in [2.45, 2.75) is 84.0 Å². The number of carbonyl (C=O) groups excluding carboxylic acids is 1. The van der Waals surface area contributed by atoms with Gasteiger partial charge >= 0.3 is 0 Å². The van der Waals surface area contributed by atoms with E-state index in [0.717, 1.165) is 36.8 Å². The third-order valence-electron chi connectivity index (χ3n) is 4.60. The first-order chi connectivity index (χ1) is 11.9. The number of carbonyl (C=O) groups is 1. The summed E-state index contributed by atoms with van der Waals surface area (Å²) >= 11 is 0. The number of rotatable bonds is 16. The fourth-order valence-corrected chi connectivity index (χ4v) is 3.03. The number of nitrogens with zero attached hydrogens (tertiary/aromatic N) is 3. The zero-order valence-electron chi connectivity index (χ0n) is 17.4. The van der Waals surface area contributed by atoms with Crippen LogP contribution in [0.25, 0.3) is 0 Å². The quantitative estimate of drug-likeness (QED) is 0.297. The van der Waals surface area contributed by atoms with Gasteiger partial charge in [-0.25, -0.2) is 0 Å². The van der Waals surface area contributed by atoms with E-state index in [1.807, 2.05) is 4.90 Å². The molecule has 0 rings (SSSR count). The lowest BCUT2D eigenvalue weighted by atomic mass is 10.1. The van der Waals surface area contributed by atoms with E-state index in [0.29, 0.717) is 19.4 Å². The van der Waals surface area contributed by atoms with Crippen molar-refractivity contribution in [2.24, 2.45) is 0 Å². The van der Waals surface area contributed by atoms with Gasteiger partial charge in [0.15, 0.2) is 0 Å². The van der Waals surface area contributed by atoms with E-state index < -0.39 is 0 Å². The highest BCUT2D eigenvalue weighted by Crippen LogP contribution is 2.11. The van der Waals surface area contributed by atoms with Gasteiger partial charge in [-0.2, -0.15) is 5.26 Å². The van der Waals surface area contributed by atoms with Crippen LogP contribution in [0.4, 0.5) is 0 Å². The van der Waals surface area contributed by atoms with Crippen molar-refractivity contribution < 1.29 is 9.28 Å². The highest BCUT2D eigenvalue weighted by molar-refractivity contribution is 5.76. The predicted molar refractivity (Wildman–Crippen MR) is 106 cm³/mol. The lowest BCUT2D eigenvalue weighted by Gasteiger charge is -2.27. The number of hydrogen-bond donors (Lipinski definition) is 0. The second-order valence-electron chi connectivity index (χ2n) is 8.23. The summed E-state index contributed by atoms with van der Waals surface area (Å²) in [7, 11) is 6.51. The maximum atomic E-state index is 12.4. The molecule has 0 saturated carbocycles. The van der Waals surface area contributed by atoms with Crippen molar-refractivity contribution >= 4 is 5.91 Å². The number of unbranched alkanes of at least 4 members (excludes halogenated alkanes) is 8. The molecule has 0 radical (unpaired) electrons. The van der Waals surface area contributed by atoms with Gasteiger partial charge in [-0.15, -0.1) is 0 Å². The molecule has 146 valence electrons. The molecule has 4 heteroatoms. The fourth-order valence-electron chi connectivity index (χ4n) is 3.03. The van der Waals surface area contributed by atoms with Crippen molar-refractivity contribution in [3.05, 3.63) is 0 Å². The van der Waals surface area contributed by atoms with Crippen LogP contribution in [0.5, 0.6) is 0 Å². The van der Waals surface area contributed by atoms with E-state index in [4.69, 9.17) is 5.26 Å². The minimum atomic E-state index is 0.236. The van der Waals surface area contributed by atoms with Gasteiger partial charge in [-0.3, -0.25) is 4.79 Å². The first kappa shape index (κ1) is 23.9. The lowest BCUT2D eigenvalue weighted by molar-refractivity contribution is -0.870. The highest BCUT2D eigenvalue weighted by Gasteiger charge is 2.14. The van der Waals surface area contributed by atoms with Crippen LogP contribution in [0.1, 0.15) is 84.0 Å². The molecule has 0 fully saturated rings. The van der Waals surface area contributed by atoms with Crippen LogP contribution in [-0.4, -0.2) is 56.1 Å². The van der Waals surface area contributed by atoms with Crippen molar-refractivity contribution in [2.75, 3.05) is 40.8 Å². The third kappa shape index (κ3) is 16.2. The monoisotopic (exact) mass is 352 g/mol. The fraction of sp³-hybridized carbons (Fsp3) is 0.905. The average molecular weight is 353 g/mol. The number of amides is 1. The normalized spacial score (nSPS) is 11.3. The Morgan fingerprint density at radius 3 is 1.96 bits per heavy atom. The number of hydrogen-bond acceptors (Lipinski definition) is 2. The summed E-state index contributed by atoms with van der Waals surface area (Å²) in [6.45, 7) is 4.67. The van der Waals surface area contributed by atoms with Gasteiger partial charge in [0, 0.05) is 25.9 Å². The smallest absolute Gasteiger partial charge is 0.222 e. The molecule has 0 unspecified atom stereocenters. The van der Waals surface area contributed by atoms with Crippen LogP contribution in [0, 0.1) is 11.3 Å². The molecule has 0 aliphatic heterocycles. The Balaban J connectivity index is 3.88. The first-order valence-electron chi connectivity index (χ1n) is 10.4. The third-order valence-corrected chi connectivity index (χ3v) is 4.60. The average Bonchev–Trinajstić information content (AvgIpc) is 2.55. The maximum Gasteiger partial charge on any atom is 0.222 e. The van der Waals surface area contributed by atoms with Gasteiger partial charge in [0.25, 0.3) is 0 Å². The molecule has 1 amide bonds. The molecule has 25 heavy (non-hydrogen) atoms. The van der Waals surface area contributed by atoms with E-state index in [9.17, 15) is 4.79 Å². The molecule has 0 N–H and O–H groups in total. The Morgan fingerprint density at radius 2 is 1.44 bits per heavy atom. The molecular formula is C21H42N3O+. The Labute approximate surface area is 156 Å². The van der Waals surface area contributed by atoms with Crippen LogP contribution in [-0.2, 0) is 4.79 Å². The van der Waals surface area contributed by atoms with Gasteiger partial charge < -0.3 is 9.38 Å². The van der Waals surface area contributed by atoms with Crippen LogP contribution >= 0.6 is 0 Å². The minimum absolute atomic E-state index is 0.236. The molecule has 0 aliphatic carbocycles. The second kappa shape index (κ2) is 15.2. The van der Waals surface area contributed by atoms with E-state index in [-0.39, 0.29) is 5.91 Å². The molecule has 0 aromatic rings. The summed E-state index contributed by atoms with van der Waals surface area (Å²) in [5, 5.41) is 8.81. The molecule has 0 aromatic heterocycles. The Kier molecular flexibility index (Phi) is 14.5. The summed E-state index contributed by atoms with van der Waals surface area (Å²) in [5.74, 6) is 0.236. The van der Waals surface area contributed by atoms with E-state index in [2.05, 4.69) is 34.1 Å². The maximum absolute atomic E-state index is 12.4. The van der Waals surface area contributed by atoms with Gasteiger partial charge in [-0.1, -0.05) is 58.3 Å². The van der Waals surface area contributed by atoms with Gasteiger partial charge in [0.05, 0.1) is 40.2 Å². The molecular weight excluding hydrogens is 310 g/mol. The molecule has 4 nitrogen and oxygen atoms in total. The van der Waals surface area contributed by atoms with Gasteiger partial charge in [-0.05, 0) is 6.42 Å². The van der Waals surface area contributed by atoms with E-state index in [1.165, 1.54) is 44.9 Å². The van der Waals surface area contributed by atoms with Crippen LogP contribution < -0.4 is 0 Å². The predicted octanol–water partition coefficient (Wildman–Crippen LogP) is 4.75. The SMILES string of the molecule is CCCCCCCCCCCC(=O)N(CCC#N)CCC[N+](C)(C)C. The van der Waals surface area contributed by atoms with Crippen LogP contribution in [0.15, 0.2) is 0 Å². The Hall–Kier alpha value is -1.08. The van der Waals surface area contributed by atoms with Crippen molar-refractivity contribution in [3.63, 3.8) is 0 Å². The molecule has 0 atom stereocenters. The lowest BCUT2D eigenvalue weighted by Crippen LogP contribution is -2.39. The van der Waals surface area contributed by atoms with Crippen LogP contribution in [0.2, 0.25) is 0 Å². The van der Waals surface area contributed by atoms with Gasteiger partial charge in [0.1, 0.15) is 0 Å². The Bertz CT molecular complexity index is 368. The molecule has 0 aromatic carbocycles. The van der Waals surface area contributed by atoms with Crippen molar-refractivity contribution in [1.82, 2.24) is 4.90 Å². The highest BCUT2D eigenvalue weighted by atomic mass is 16.2. The van der Waals surface area contributed by atoms with E-state index >= 15 is 0 Å². The molecule has 0 heterocycles. The Morgan fingerprint density at radius 1 is 0.880 bits per heavy atom. The number of quaternary nitrogens is 1. The minimum Gasteiger partial charge on any atom is -0.341 e. The van der Waals surface area contributed by atoms with Crippen molar-refractivity contribution in [3.8, 4) is 6.07 Å². The van der Waals surface area contributed by atoms with Crippen molar-refractivity contribution in [1.29, 1.82) is 5.26 Å². The summed E-state index contributed by atoms with van der Waals surface area (Å²) < 4.78 is 0.915. The van der Waals surface area contributed by atoms with Gasteiger partial charge in [0.2, 0.25) is 5.91 Å². The molecule has 0 aliphatic rings. The zero-order chi connectivity index (χ0) is 19.0. The second-order valence-corrected chi connectivity index (χ2v) is 8.23. The molecule has 0 bridgehead atoms. The standard InChI is InChI=1S/C21H42N3O/c1-5-6-7-8-9-10-11-12-13-16-21(25)23(18-14-17-22)19-15-20-24(2,3)4/h5-16,18-20H2,1-4H3/q+1. The molecule has 0 saturated heterocycles. The molecule has 0 spiro atoms. The van der Waals surface area contributed by atoms with E-state index in [1.54, 1.807) is 0 Å². The number of nitriles is 1. The largest absolute Gasteiger partial charge is 0.341 e.